The number of aromatic carboxylic acids is 1. The number of fused-ring (bicyclic) bond motifs is 1. The highest BCUT2D eigenvalue weighted by molar-refractivity contribution is 6.05. The Labute approximate surface area is 116 Å². The van der Waals surface area contributed by atoms with Gasteiger partial charge in [0.1, 0.15) is 0 Å². The number of carboxylic acid groups (broad SMARTS) is 1. The molecule has 0 fully saturated rings. The highest BCUT2D eigenvalue weighted by atomic mass is 16.4. The summed E-state index contributed by atoms with van der Waals surface area (Å²) in [5, 5.41) is 13.6. The highest BCUT2D eigenvalue weighted by Crippen LogP contribution is 2.24. The van der Waals surface area contributed by atoms with Crippen molar-refractivity contribution in [1.82, 2.24) is 0 Å². The number of carbonyl (C=O) groups is 2. The van der Waals surface area contributed by atoms with Gasteiger partial charge in [-0.05, 0) is 29.3 Å². The van der Waals surface area contributed by atoms with Crippen LogP contribution in [0.2, 0.25) is 0 Å². The van der Waals surface area contributed by atoms with E-state index >= 15 is 0 Å². The van der Waals surface area contributed by atoms with Crippen LogP contribution >= 0.6 is 0 Å². The summed E-state index contributed by atoms with van der Waals surface area (Å²) < 4.78 is 0. The Morgan fingerprint density at radius 1 is 1.20 bits per heavy atom. The lowest BCUT2D eigenvalue weighted by Crippen LogP contribution is -2.14. The van der Waals surface area contributed by atoms with E-state index in [1.54, 1.807) is 18.2 Å². The molecule has 0 saturated heterocycles. The third-order valence-electron chi connectivity index (χ3n) is 2.97. The van der Waals surface area contributed by atoms with Crippen LogP contribution < -0.4 is 5.32 Å². The zero-order chi connectivity index (χ0) is 14.5. The standard InChI is InChI=1S/C16H15NO3/c1-2-3-8-15(18)17-14-10-12-7-5-4-6-11(12)9-13(14)16(19)20/h2,4-7,9-10H,1,3,8H2,(H,17,18)(H,19,20). The Bertz CT molecular complexity index is 676. The maximum Gasteiger partial charge on any atom is 0.337 e. The Kier molecular flexibility index (Phi) is 4.15. The molecule has 2 N–H and O–H groups in total. The first-order valence-electron chi connectivity index (χ1n) is 6.28. The van der Waals surface area contributed by atoms with E-state index in [1.807, 2.05) is 24.3 Å². The molecular weight excluding hydrogens is 254 g/mol. The van der Waals surface area contributed by atoms with Crippen LogP contribution in [0.15, 0.2) is 49.1 Å². The number of allylic oxidation sites excluding steroid dienone is 1. The minimum Gasteiger partial charge on any atom is -0.478 e. The van der Waals surface area contributed by atoms with E-state index in [-0.39, 0.29) is 17.9 Å². The number of hydrogen-bond acceptors (Lipinski definition) is 2. The van der Waals surface area contributed by atoms with Crippen molar-refractivity contribution in [2.45, 2.75) is 12.8 Å². The lowest BCUT2D eigenvalue weighted by Gasteiger charge is -2.10. The molecule has 0 bridgehead atoms. The second-order valence-electron chi connectivity index (χ2n) is 4.43. The molecule has 0 radical (unpaired) electrons. The van der Waals surface area contributed by atoms with E-state index in [9.17, 15) is 14.7 Å². The van der Waals surface area contributed by atoms with Crippen molar-refractivity contribution >= 4 is 28.3 Å². The molecule has 4 nitrogen and oxygen atoms in total. The van der Waals surface area contributed by atoms with Gasteiger partial charge in [-0.25, -0.2) is 4.79 Å². The third-order valence-corrected chi connectivity index (χ3v) is 2.97. The van der Waals surface area contributed by atoms with Crippen LogP contribution in [0.3, 0.4) is 0 Å². The SMILES string of the molecule is C=CCCC(=O)Nc1cc2ccccc2cc1C(=O)O. The third kappa shape index (κ3) is 3.03. The Balaban J connectivity index is 2.39. The number of carboxylic acids is 1. The van der Waals surface area contributed by atoms with Gasteiger partial charge in [-0.1, -0.05) is 30.3 Å². The van der Waals surface area contributed by atoms with E-state index in [1.165, 1.54) is 0 Å². The van der Waals surface area contributed by atoms with Gasteiger partial charge in [0.25, 0.3) is 0 Å². The topological polar surface area (TPSA) is 66.4 Å². The number of rotatable bonds is 5. The number of hydrogen-bond donors (Lipinski definition) is 2. The van der Waals surface area contributed by atoms with Crippen LogP contribution in [0.4, 0.5) is 5.69 Å². The molecule has 0 spiro atoms. The maximum atomic E-state index is 11.7. The van der Waals surface area contributed by atoms with Crippen molar-refractivity contribution in [2.24, 2.45) is 0 Å². The summed E-state index contributed by atoms with van der Waals surface area (Å²) in [5.41, 5.74) is 0.418. The number of amides is 1. The molecule has 2 aromatic rings. The van der Waals surface area contributed by atoms with Crippen LogP contribution in [0.1, 0.15) is 23.2 Å². The largest absolute Gasteiger partial charge is 0.478 e. The first-order chi connectivity index (χ1) is 9.61. The fraction of sp³-hybridized carbons (Fsp3) is 0.125. The average Bonchev–Trinajstić information content (AvgIpc) is 2.44. The predicted molar refractivity (Wildman–Crippen MR) is 79.0 cm³/mol. The monoisotopic (exact) mass is 269 g/mol. The van der Waals surface area contributed by atoms with Crippen molar-refractivity contribution in [3.05, 3.63) is 54.6 Å². The predicted octanol–water partition coefficient (Wildman–Crippen LogP) is 3.44. The number of carbonyl (C=O) groups excluding carboxylic acids is 1. The van der Waals surface area contributed by atoms with Crippen molar-refractivity contribution in [3.8, 4) is 0 Å². The van der Waals surface area contributed by atoms with Crippen LogP contribution in [0.25, 0.3) is 10.8 Å². The van der Waals surface area contributed by atoms with E-state index in [4.69, 9.17) is 0 Å². The number of nitrogens with one attached hydrogen (secondary N) is 1. The minimum atomic E-state index is -1.06. The van der Waals surface area contributed by atoms with E-state index < -0.39 is 5.97 Å². The highest BCUT2D eigenvalue weighted by Gasteiger charge is 2.13. The molecule has 0 aliphatic carbocycles. The summed E-state index contributed by atoms with van der Waals surface area (Å²) in [6, 6.07) is 10.7. The van der Waals surface area contributed by atoms with Crippen molar-refractivity contribution in [3.63, 3.8) is 0 Å². The van der Waals surface area contributed by atoms with Gasteiger partial charge in [0.15, 0.2) is 0 Å². The average molecular weight is 269 g/mol. The second kappa shape index (κ2) is 6.02. The van der Waals surface area contributed by atoms with Crippen LogP contribution in [-0.2, 0) is 4.79 Å². The summed E-state index contributed by atoms with van der Waals surface area (Å²) in [5.74, 6) is -1.28. The molecule has 0 heterocycles. The minimum absolute atomic E-state index is 0.0932. The molecule has 102 valence electrons. The fourth-order valence-corrected chi connectivity index (χ4v) is 1.97. The van der Waals surface area contributed by atoms with Crippen LogP contribution in [0, 0.1) is 0 Å². The first kappa shape index (κ1) is 13.8. The summed E-state index contributed by atoms with van der Waals surface area (Å²) in [7, 11) is 0. The Hall–Kier alpha value is -2.62. The molecule has 1 amide bonds. The second-order valence-corrected chi connectivity index (χ2v) is 4.43. The fourth-order valence-electron chi connectivity index (χ4n) is 1.97. The van der Waals surface area contributed by atoms with E-state index in [0.29, 0.717) is 12.1 Å². The maximum absolute atomic E-state index is 11.7. The molecule has 0 saturated carbocycles. The molecule has 0 aliphatic rings. The van der Waals surface area contributed by atoms with Gasteiger partial charge >= 0.3 is 5.97 Å². The quantitative estimate of drug-likeness (QED) is 0.817. The van der Waals surface area contributed by atoms with Gasteiger partial charge in [-0.15, -0.1) is 6.58 Å². The zero-order valence-corrected chi connectivity index (χ0v) is 10.9. The first-order valence-corrected chi connectivity index (χ1v) is 6.28. The zero-order valence-electron chi connectivity index (χ0n) is 10.9. The summed E-state index contributed by atoms with van der Waals surface area (Å²) >= 11 is 0. The molecule has 20 heavy (non-hydrogen) atoms. The van der Waals surface area contributed by atoms with Crippen molar-refractivity contribution < 1.29 is 14.7 Å². The molecule has 0 aromatic heterocycles. The molecule has 0 atom stereocenters. The normalized spacial score (nSPS) is 10.2. The Morgan fingerprint density at radius 2 is 1.85 bits per heavy atom. The Morgan fingerprint density at radius 3 is 2.45 bits per heavy atom. The van der Waals surface area contributed by atoms with Gasteiger partial charge in [0.2, 0.25) is 5.91 Å². The molecule has 2 rings (SSSR count). The van der Waals surface area contributed by atoms with Crippen molar-refractivity contribution in [2.75, 3.05) is 5.32 Å². The van der Waals surface area contributed by atoms with Crippen LogP contribution in [-0.4, -0.2) is 17.0 Å². The van der Waals surface area contributed by atoms with E-state index in [0.717, 1.165) is 10.8 Å². The van der Waals surface area contributed by atoms with Gasteiger partial charge < -0.3 is 10.4 Å². The smallest absolute Gasteiger partial charge is 0.337 e. The van der Waals surface area contributed by atoms with Gasteiger partial charge in [0.05, 0.1) is 11.3 Å². The van der Waals surface area contributed by atoms with Gasteiger partial charge in [0, 0.05) is 6.42 Å². The van der Waals surface area contributed by atoms with E-state index in [2.05, 4.69) is 11.9 Å². The number of benzene rings is 2. The summed E-state index contributed by atoms with van der Waals surface area (Å²) in [6.45, 7) is 3.55. The number of anilines is 1. The van der Waals surface area contributed by atoms with Gasteiger partial charge in [-0.3, -0.25) is 4.79 Å². The molecule has 0 aliphatic heterocycles. The van der Waals surface area contributed by atoms with Crippen molar-refractivity contribution in [1.29, 1.82) is 0 Å². The lowest BCUT2D eigenvalue weighted by atomic mass is 10.0. The van der Waals surface area contributed by atoms with Crippen LogP contribution in [0.5, 0.6) is 0 Å². The molecule has 2 aromatic carbocycles. The lowest BCUT2D eigenvalue weighted by molar-refractivity contribution is -0.116. The van der Waals surface area contributed by atoms with Gasteiger partial charge in [-0.2, -0.15) is 0 Å². The molecular formula is C16H15NO3. The molecule has 0 unspecified atom stereocenters. The summed E-state index contributed by atoms with van der Waals surface area (Å²) in [6.07, 6.45) is 2.50. The summed E-state index contributed by atoms with van der Waals surface area (Å²) in [4.78, 5) is 23.0. The molecule has 4 heteroatoms.